The van der Waals surface area contributed by atoms with Crippen molar-refractivity contribution in [2.24, 2.45) is 0 Å². The third-order valence-corrected chi connectivity index (χ3v) is 6.04. The molecule has 0 fully saturated rings. The molecular weight excluding hydrogens is 424 g/mol. The molecule has 32 heavy (non-hydrogen) atoms. The molecule has 2 N–H and O–H groups in total. The summed E-state index contributed by atoms with van der Waals surface area (Å²) in [5.41, 5.74) is 2.62. The average Bonchev–Trinajstić information content (AvgIpc) is 2.83. The lowest BCUT2D eigenvalue weighted by molar-refractivity contribution is -0.133. The smallest absolute Gasteiger partial charge is 0.257 e. The summed E-state index contributed by atoms with van der Waals surface area (Å²) in [7, 11) is 3.30. The van der Waals surface area contributed by atoms with Crippen molar-refractivity contribution >= 4 is 23.2 Å². The number of benzene rings is 2. The lowest BCUT2D eigenvalue weighted by Gasteiger charge is -2.47. The number of hydrogen-bond donors (Lipinski definition) is 2. The first-order valence-corrected chi connectivity index (χ1v) is 11.0. The summed E-state index contributed by atoms with van der Waals surface area (Å²) >= 11 is 5.72. The van der Waals surface area contributed by atoms with Gasteiger partial charge in [-0.3, -0.25) is 4.79 Å². The van der Waals surface area contributed by atoms with Crippen LogP contribution >= 0.6 is 12.2 Å². The van der Waals surface area contributed by atoms with Gasteiger partial charge in [0.1, 0.15) is 12.0 Å². The fraction of sp³-hybridized carbons (Fsp3) is 0.333. The molecule has 7 nitrogen and oxygen atoms in total. The molecule has 0 saturated heterocycles. The Morgan fingerprint density at radius 1 is 0.875 bits per heavy atom. The van der Waals surface area contributed by atoms with Crippen molar-refractivity contribution in [1.29, 1.82) is 0 Å². The van der Waals surface area contributed by atoms with E-state index in [-0.39, 0.29) is 18.1 Å². The fourth-order valence-corrected chi connectivity index (χ4v) is 4.43. The number of rotatable bonds is 8. The molecule has 0 saturated carbocycles. The largest absolute Gasteiger partial charge is 0.383 e. The molecule has 0 aliphatic carbocycles. The first-order valence-electron chi connectivity index (χ1n) is 10.6. The first kappa shape index (κ1) is 22.3. The Kier molecular flexibility index (Phi) is 7.04. The molecule has 0 unspecified atom stereocenters. The maximum Gasteiger partial charge on any atom is 0.257 e. The highest BCUT2D eigenvalue weighted by atomic mass is 32.1. The Hall–Kier alpha value is -2.94. The van der Waals surface area contributed by atoms with E-state index in [1.807, 2.05) is 70.5 Å². The van der Waals surface area contributed by atoms with Crippen LogP contribution in [0.3, 0.4) is 0 Å². The zero-order chi connectivity index (χ0) is 22.5. The molecular formula is C24H28N4O3S. The molecule has 2 heterocycles. The Bertz CT molecular complexity index is 983. The van der Waals surface area contributed by atoms with Crippen LogP contribution in [0.2, 0.25) is 0 Å². The minimum atomic E-state index is -0.348. The second kappa shape index (κ2) is 10.1. The van der Waals surface area contributed by atoms with Crippen LogP contribution in [-0.2, 0) is 14.3 Å². The van der Waals surface area contributed by atoms with Crippen LogP contribution in [0.5, 0.6) is 0 Å². The number of thiocarbonyl (C=S) groups is 1. The van der Waals surface area contributed by atoms with Crippen LogP contribution in [-0.4, -0.2) is 61.3 Å². The van der Waals surface area contributed by atoms with Gasteiger partial charge >= 0.3 is 0 Å². The van der Waals surface area contributed by atoms with Gasteiger partial charge in [0.05, 0.1) is 31.4 Å². The van der Waals surface area contributed by atoms with Crippen molar-refractivity contribution < 1.29 is 14.3 Å². The first-order chi connectivity index (χ1) is 15.7. The summed E-state index contributed by atoms with van der Waals surface area (Å²) in [4.78, 5) is 17.7. The zero-order valence-electron chi connectivity index (χ0n) is 18.3. The van der Waals surface area contributed by atoms with Gasteiger partial charge < -0.3 is 29.9 Å². The number of methoxy groups -OCH3 is 2. The number of carbonyl (C=O) groups excluding carboxylic acids is 1. The summed E-state index contributed by atoms with van der Waals surface area (Å²) < 4.78 is 10.6. The van der Waals surface area contributed by atoms with Crippen molar-refractivity contribution in [2.45, 2.75) is 12.2 Å². The van der Waals surface area contributed by atoms with E-state index in [1.54, 1.807) is 14.2 Å². The number of ether oxygens (including phenoxy) is 2. The molecule has 0 aromatic heterocycles. The van der Waals surface area contributed by atoms with Gasteiger partial charge in [-0.05, 0) is 23.3 Å². The SMILES string of the molecule is COCCN1C(=S)N[C@@H](c2ccccc2)C2=C1N[C@H](c1ccccc1)N(CCOC)C2=O. The van der Waals surface area contributed by atoms with E-state index >= 15 is 0 Å². The van der Waals surface area contributed by atoms with Crippen LogP contribution in [0.4, 0.5) is 0 Å². The maximum atomic E-state index is 14.0. The van der Waals surface area contributed by atoms with Crippen molar-refractivity contribution in [2.75, 3.05) is 40.5 Å². The van der Waals surface area contributed by atoms with Crippen LogP contribution in [0.15, 0.2) is 72.1 Å². The maximum absolute atomic E-state index is 14.0. The summed E-state index contributed by atoms with van der Waals surface area (Å²) in [6.07, 6.45) is -0.333. The van der Waals surface area contributed by atoms with E-state index in [4.69, 9.17) is 21.7 Å². The molecule has 168 valence electrons. The Balaban J connectivity index is 1.82. The van der Waals surface area contributed by atoms with Crippen LogP contribution in [0.25, 0.3) is 0 Å². The van der Waals surface area contributed by atoms with Crippen molar-refractivity contribution in [3.63, 3.8) is 0 Å². The van der Waals surface area contributed by atoms with Gasteiger partial charge in [-0.15, -0.1) is 0 Å². The van der Waals surface area contributed by atoms with E-state index in [0.29, 0.717) is 37.0 Å². The highest BCUT2D eigenvalue weighted by Crippen LogP contribution is 2.37. The number of amides is 1. The second-order valence-corrected chi connectivity index (χ2v) is 8.04. The van der Waals surface area contributed by atoms with E-state index in [0.717, 1.165) is 16.9 Å². The van der Waals surface area contributed by atoms with Gasteiger partial charge in [-0.25, -0.2) is 0 Å². The standard InChI is InChI=1S/C24H28N4O3S/c1-30-15-13-27-21(18-11-7-4-8-12-18)26-22-19(23(27)29)20(17-9-5-3-6-10-17)25-24(32)28(22)14-16-31-2/h3-12,20-21,26H,13-16H2,1-2H3,(H,25,32)/t20-,21-/m0/s1. The third-order valence-electron chi connectivity index (χ3n) is 5.71. The molecule has 0 radical (unpaired) electrons. The monoisotopic (exact) mass is 452 g/mol. The van der Waals surface area contributed by atoms with E-state index in [1.165, 1.54) is 0 Å². The fourth-order valence-electron chi connectivity index (χ4n) is 4.13. The topological polar surface area (TPSA) is 66.1 Å². The predicted molar refractivity (Wildman–Crippen MR) is 126 cm³/mol. The normalized spacial score (nSPS) is 20.7. The zero-order valence-corrected chi connectivity index (χ0v) is 19.1. The quantitative estimate of drug-likeness (QED) is 0.597. The highest BCUT2D eigenvalue weighted by molar-refractivity contribution is 7.80. The Labute approximate surface area is 194 Å². The van der Waals surface area contributed by atoms with Gasteiger partial charge in [0.2, 0.25) is 0 Å². The van der Waals surface area contributed by atoms with Gasteiger partial charge in [0, 0.05) is 20.8 Å². The third kappa shape index (κ3) is 4.34. The number of nitrogens with zero attached hydrogens (tertiary/aromatic N) is 2. The molecule has 2 aromatic carbocycles. The van der Waals surface area contributed by atoms with Crippen molar-refractivity contribution in [3.05, 3.63) is 83.2 Å². The summed E-state index contributed by atoms with van der Waals surface area (Å²) in [6, 6.07) is 19.5. The lowest BCUT2D eigenvalue weighted by Crippen LogP contribution is -2.59. The Morgan fingerprint density at radius 2 is 1.47 bits per heavy atom. The lowest BCUT2D eigenvalue weighted by atomic mass is 9.93. The van der Waals surface area contributed by atoms with Crippen molar-refractivity contribution in [3.8, 4) is 0 Å². The molecule has 0 spiro atoms. The van der Waals surface area contributed by atoms with Crippen LogP contribution in [0, 0.1) is 0 Å². The van der Waals surface area contributed by atoms with E-state index < -0.39 is 0 Å². The Morgan fingerprint density at radius 3 is 2.09 bits per heavy atom. The predicted octanol–water partition coefficient (Wildman–Crippen LogP) is 2.55. The van der Waals surface area contributed by atoms with Gasteiger partial charge in [0.25, 0.3) is 5.91 Å². The highest BCUT2D eigenvalue weighted by Gasteiger charge is 2.43. The van der Waals surface area contributed by atoms with Crippen LogP contribution in [0.1, 0.15) is 23.3 Å². The van der Waals surface area contributed by atoms with Gasteiger partial charge in [-0.2, -0.15) is 0 Å². The summed E-state index contributed by atoms with van der Waals surface area (Å²) in [5.74, 6) is 0.683. The van der Waals surface area contributed by atoms with E-state index in [2.05, 4.69) is 10.6 Å². The van der Waals surface area contributed by atoms with Crippen molar-refractivity contribution in [1.82, 2.24) is 20.4 Å². The summed E-state index contributed by atoms with van der Waals surface area (Å²) in [6.45, 7) is 1.91. The number of nitrogens with one attached hydrogen (secondary N) is 2. The number of hydrogen-bond acceptors (Lipinski definition) is 5. The van der Waals surface area contributed by atoms with Crippen LogP contribution < -0.4 is 10.6 Å². The number of carbonyl (C=O) groups is 1. The molecule has 4 rings (SSSR count). The van der Waals surface area contributed by atoms with E-state index in [9.17, 15) is 4.79 Å². The molecule has 0 bridgehead atoms. The minimum Gasteiger partial charge on any atom is -0.383 e. The van der Waals surface area contributed by atoms with Gasteiger partial charge in [-0.1, -0.05) is 60.7 Å². The summed E-state index contributed by atoms with van der Waals surface area (Å²) in [5, 5.41) is 7.56. The van der Waals surface area contributed by atoms with Gasteiger partial charge in [0.15, 0.2) is 5.11 Å². The molecule has 2 atom stereocenters. The minimum absolute atomic E-state index is 0.0454. The molecule has 2 aliphatic rings. The molecule has 1 amide bonds. The molecule has 2 aromatic rings. The molecule has 8 heteroatoms. The molecule has 2 aliphatic heterocycles. The second-order valence-electron chi connectivity index (χ2n) is 7.65. The average molecular weight is 453 g/mol.